The molecule has 4 aliphatic rings. The van der Waals surface area contributed by atoms with E-state index >= 15 is 0 Å². The van der Waals surface area contributed by atoms with Gasteiger partial charge in [-0.25, -0.2) is 0 Å². The lowest BCUT2D eigenvalue weighted by atomic mass is 9.79. The molecule has 0 N–H and O–H groups in total. The molecule has 0 bridgehead atoms. The first-order valence-electron chi connectivity index (χ1n) is 15.5. The van der Waals surface area contributed by atoms with Crippen LogP contribution < -0.4 is 0 Å². The average molecular weight is 563 g/mol. The van der Waals surface area contributed by atoms with Crippen LogP contribution in [0.2, 0.25) is 0 Å². The van der Waals surface area contributed by atoms with Crippen LogP contribution in [0.5, 0.6) is 0 Å². The summed E-state index contributed by atoms with van der Waals surface area (Å²) < 4.78 is 0. The molecule has 1 unspecified atom stereocenters. The normalized spacial score (nSPS) is 20.7. The Kier molecular flexibility index (Phi) is 5.73. The van der Waals surface area contributed by atoms with Gasteiger partial charge in [0.05, 0.1) is 0 Å². The van der Waals surface area contributed by atoms with Gasteiger partial charge in [-0.15, -0.1) is 0 Å². The third-order valence-electron chi connectivity index (χ3n) is 10.8. The van der Waals surface area contributed by atoms with E-state index in [-0.39, 0.29) is 10.8 Å². The molecular formula is C41H38S. The van der Waals surface area contributed by atoms with Gasteiger partial charge >= 0.3 is 0 Å². The zero-order valence-corrected chi connectivity index (χ0v) is 26.2. The second-order valence-electron chi connectivity index (χ2n) is 13.9. The summed E-state index contributed by atoms with van der Waals surface area (Å²) in [6, 6.07) is 30.4. The Labute approximate surface area is 255 Å². The van der Waals surface area contributed by atoms with Gasteiger partial charge in [-0.2, -0.15) is 0 Å². The van der Waals surface area contributed by atoms with E-state index in [2.05, 4.69) is 132 Å². The fourth-order valence-electron chi connectivity index (χ4n) is 7.83. The van der Waals surface area contributed by atoms with Crippen molar-refractivity contribution in [3.8, 4) is 11.1 Å². The molecule has 1 heterocycles. The summed E-state index contributed by atoms with van der Waals surface area (Å²) in [6.45, 7) is 12.0. The first-order valence-corrected chi connectivity index (χ1v) is 16.3. The van der Waals surface area contributed by atoms with Crippen molar-refractivity contribution in [3.63, 3.8) is 0 Å². The third-order valence-corrected chi connectivity index (χ3v) is 12.0. The Morgan fingerprint density at radius 2 is 1.40 bits per heavy atom. The molecule has 4 aromatic rings. The topological polar surface area (TPSA) is 0 Å². The molecule has 0 saturated carbocycles. The second-order valence-corrected chi connectivity index (χ2v) is 15.0. The maximum absolute atomic E-state index is 2.47. The van der Waals surface area contributed by atoms with Crippen molar-refractivity contribution < 1.29 is 0 Å². The maximum Gasteiger partial charge on any atom is 0.0158 e. The Morgan fingerprint density at radius 3 is 2.21 bits per heavy atom. The lowest BCUT2D eigenvalue weighted by Crippen LogP contribution is -2.21. The lowest BCUT2D eigenvalue weighted by Gasteiger charge is -2.25. The van der Waals surface area contributed by atoms with E-state index in [1.165, 1.54) is 83.0 Å². The molecule has 0 aromatic heterocycles. The van der Waals surface area contributed by atoms with Crippen molar-refractivity contribution in [2.24, 2.45) is 5.92 Å². The average Bonchev–Trinajstić information content (AvgIpc) is 3.21. The molecule has 8 rings (SSSR count). The molecule has 42 heavy (non-hydrogen) atoms. The number of benzene rings is 4. The van der Waals surface area contributed by atoms with Crippen molar-refractivity contribution in [1.29, 1.82) is 0 Å². The highest BCUT2D eigenvalue weighted by Crippen LogP contribution is 2.50. The smallest absolute Gasteiger partial charge is 0.0158 e. The highest BCUT2D eigenvalue weighted by molar-refractivity contribution is 7.99. The van der Waals surface area contributed by atoms with E-state index < -0.39 is 0 Å². The molecule has 0 amide bonds. The Bertz CT molecular complexity index is 1890. The van der Waals surface area contributed by atoms with Crippen LogP contribution in [0.1, 0.15) is 80.0 Å². The number of hydrogen-bond acceptors (Lipinski definition) is 1. The molecule has 4 aromatic carbocycles. The lowest BCUT2D eigenvalue weighted by molar-refractivity contribution is 0.379. The van der Waals surface area contributed by atoms with Gasteiger partial charge in [0.1, 0.15) is 0 Å². The Balaban J connectivity index is 1.13. The predicted octanol–water partition coefficient (Wildman–Crippen LogP) is 11.0. The SMILES string of the molecule is CC1Cc2ccc(-c3ccc4c(c3)Cc3cc(C5=CC6=C(CC=C5)c5ccccc5C6(C)C)ccc3S4)cc2C1(C)C. The Hall–Kier alpha value is -3.55. The molecule has 1 aliphatic heterocycles. The second kappa shape index (κ2) is 9.22. The van der Waals surface area contributed by atoms with Gasteiger partial charge in [0, 0.05) is 15.2 Å². The summed E-state index contributed by atoms with van der Waals surface area (Å²) >= 11 is 1.93. The monoisotopic (exact) mass is 562 g/mol. The molecule has 0 spiro atoms. The highest BCUT2D eigenvalue weighted by atomic mass is 32.2. The summed E-state index contributed by atoms with van der Waals surface area (Å²) in [6.07, 6.45) is 10.3. The summed E-state index contributed by atoms with van der Waals surface area (Å²) in [5.41, 5.74) is 17.4. The van der Waals surface area contributed by atoms with E-state index in [0.717, 1.165) is 12.8 Å². The van der Waals surface area contributed by atoms with Gasteiger partial charge < -0.3 is 0 Å². The quantitative estimate of drug-likeness (QED) is 0.206. The predicted molar refractivity (Wildman–Crippen MR) is 179 cm³/mol. The number of fused-ring (bicyclic) bond motifs is 5. The molecule has 0 saturated heterocycles. The fourth-order valence-corrected chi connectivity index (χ4v) is 8.87. The fraction of sp³-hybridized carbons (Fsp3) is 0.268. The molecule has 0 radical (unpaired) electrons. The van der Waals surface area contributed by atoms with E-state index in [4.69, 9.17) is 0 Å². The van der Waals surface area contributed by atoms with Gasteiger partial charge in [-0.1, -0.05) is 113 Å². The van der Waals surface area contributed by atoms with Crippen LogP contribution >= 0.6 is 11.8 Å². The molecule has 0 nitrogen and oxygen atoms in total. The molecule has 0 fully saturated rings. The van der Waals surface area contributed by atoms with Crippen LogP contribution in [0, 0.1) is 5.92 Å². The van der Waals surface area contributed by atoms with Crippen molar-refractivity contribution in [2.75, 3.05) is 0 Å². The van der Waals surface area contributed by atoms with E-state index in [0.29, 0.717) is 5.92 Å². The zero-order valence-electron chi connectivity index (χ0n) is 25.3. The van der Waals surface area contributed by atoms with Crippen molar-refractivity contribution in [1.82, 2.24) is 0 Å². The van der Waals surface area contributed by atoms with Crippen LogP contribution in [0.3, 0.4) is 0 Å². The molecular weight excluding hydrogens is 525 g/mol. The van der Waals surface area contributed by atoms with Crippen LogP contribution in [0.4, 0.5) is 0 Å². The minimum atomic E-state index is 0.0212. The summed E-state index contributed by atoms with van der Waals surface area (Å²) in [5.74, 6) is 0.685. The van der Waals surface area contributed by atoms with Crippen LogP contribution in [-0.2, 0) is 23.7 Å². The van der Waals surface area contributed by atoms with Gasteiger partial charge in [-0.3, -0.25) is 0 Å². The van der Waals surface area contributed by atoms with Crippen molar-refractivity contribution >= 4 is 22.9 Å². The summed E-state index contributed by atoms with van der Waals surface area (Å²) in [5, 5.41) is 0. The third kappa shape index (κ3) is 3.89. The van der Waals surface area contributed by atoms with E-state index in [9.17, 15) is 0 Å². The largest absolute Gasteiger partial charge is 0.0895 e. The van der Waals surface area contributed by atoms with Gasteiger partial charge in [0.2, 0.25) is 0 Å². The van der Waals surface area contributed by atoms with Crippen LogP contribution in [-0.4, -0.2) is 0 Å². The summed E-state index contributed by atoms with van der Waals surface area (Å²) in [4.78, 5) is 2.78. The van der Waals surface area contributed by atoms with E-state index in [1.54, 1.807) is 0 Å². The van der Waals surface area contributed by atoms with Crippen molar-refractivity contribution in [3.05, 3.63) is 142 Å². The standard InChI is InChI=1S/C41H38S/c1-25-19-30-14-13-29(23-36(30)40(25,2)3)28-16-18-39-32(21-28)22-31-20-27(15-17-38(31)42-39)26-9-8-11-34-33-10-6-7-12-35(33)41(4,5)37(34)24-26/h6-10,12-18,20-21,23-25H,11,19,22H2,1-5H3. The van der Waals surface area contributed by atoms with Gasteiger partial charge in [-0.05, 0) is 128 Å². The van der Waals surface area contributed by atoms with E-state index in [1.807, 2.05) is 11.8 Å². The molecule has 1 heteroatoms. The molecule has 1 atom stereocenters. The zero-order chi connectivity index (χ0) is 28.8. The maximum atomic E-state index is 2.47. The van der Waals surface area contributed by atoms with Crippen LogP contribution in [0.25, 0.3) is 22.3 Å². The summed E-state index contributed by atoms with van der Waals surface area (Å²) in [7, 11) is 0. The molecule has 3 aliphatic carbocycles. The van der Waals surface area contributed by atoms with Gasteiger partial charge in [0.15, 0.2) is 0 Å². The van der Waals surface area contributed by atoms with Gasteiger partial charge in [0.25, 0.3) is 0 Å². The first kappa shape index (κ1) is 26.1. The highest BCUT2D eigenvalue weighted by Gasteiger charge is 2.37. The number of rotatable bonds is 2. The minimum absolute atomic E-state index is 0.0212. The number of hydrogen-bond donors (Lipinski definition) is 0. The minimum Gasteiger partial charge on any atom is -0.0895 e. The first-order chi connectivity index (χ1) is 20.2. The Morgan fingerprint density at radius 1 is 0.714 bits per heavy atom. The van der Waals surface area contributed by atoms with Crippen LogP contribution in [0.15, 0.2) is 112 Å². The molecule has 208 valence electrons. The number of allylic oxidation sites excluding steroid dienone is 6. The van der Waals surface area contributed by atoms with Crippen molar-refractivity contribution in [2.45, 2.75) is 74.5 Å².